The maximum absolute atomic E-state index is 12.5. The topological polar surface area (TPSA) is 106 Å². The van der Waals surface area contributed by atoms with Gasteiger partial charge in [0.05, 0.1) is 20.8 Å². The van der Waals surface area contributed by atoms with Crippen molar-refractivity contribution in [1.29, 1.82) is 0 Å². The zero-order chi connectivity index (χ0) is 18.3. The fraction of sp³-hybridized carbons (Fsp3) is 0.312. The van der Waals surface area contributed by atoms with E-state index >= 15 is 0 Å². The predicted molar refractivity (Wildman–Crippen MR) is 97.4 cm³/mol. The highest BCUT2D eigenvalue weighted by atomic mass is 32.1. The van der Waals surface area contributed by atoms with Gasteiger partial charge in [-0.15, -0.1) is 0 Å². The number of anilines is 1. The molecule has 0 aliphatic carbocycles. The quantitative estimate of drug-likeness (QED) is 0.559. The first kappa shape index (κ1) is 16.6. The van der Waals surface area contributed by atoms with E-state index in [0.717, 1.165) is 31.7 Å². The smallest absolute Gasteiger partial charge is 0.277 e. The van der Waals surface area contributed by atoms with Crippen LogP contribution in [-0.4, -0.2) is 44.1 Å². The Morgan fingerprint density at radius 1 is 1.35 bits per heavy atom. The van der Waals surface area contributed by atoms with Crippen molar-refractivity contribution in [2.75, 3.05) is 18.9 Å². The predicted octanol–water partition coefficient (Wildman–Crippen LogP) is 2.49. The third-order valence-corrected chi connectivity index (χ3v) is 5.17. The molecule has 1 N–H and O–H groups in total. The number of amides is 1. The second kappa shape index (κ2) is 6.46. The molecule has 0 atom stereocenters. The molecule has 0 saturated carbocycles. The van der Waals surface area contributed by atoms with Gasteiger partial charge in [0.1, 0.15) is 0 Å². The Morgan fingerprint density at radius 3 is 3.00 bits per heavy atom. The number of nitrogens with one attached hydrogen (secondary N) is 1. The maximum atomic E-state index is 12.5. The number of aryl methyl sites for hydroxylation is 1. The molecule has 0 saturated heterocycles. The lowest BCUT2D eigenvalue weighted by molar-refractivity contribution is -0.384. The average molecular weight is 372 g/mol. The van der Waals surface area contributed by atoms with E-state index < -0.39 is 4.92 Å². The van der Waals surface area contributed by atoms with Crippen LogP contribution in [0.3, 0.4) is 0 Å². The summed E-state index contributed by atoms with van der Waals surface area (Å²) >= 11 is 1.20. The molecule has 0 radical (unpaired) electrons. The molecule has 0 unspecified atom stereocenters. The summed E-state index contributed by atoms with van der Waals surface area (Å²) < 4.78 is 2.52. The number of nitrogens with zero attached hydrogens (tertiary/aromatic N) is 5. The molecule has 3 heterocycles. The summed E-state index contributed by atoms with van der Waals surface area (Å²) in [7, 11) is 2.04. The van der Waals surface area contributed by atoms with Crippen LogP contribution in [0.5, 0.6) is 0 Å². The number of nitro groups is 1. The zero-order valence-corrected chi connectivity index (χ0v) is 14.8. The molecule has 1 amide bonds. The number of hydrogen-bond donors (Lipinski definition) is 1. The minimum atomic E-state index is -0.452. The Kier molecular flexibility index (Phi) is 4.13. The molecule has 1 aromatic carbocycles. The third-order valence-electron chi connectivity index (χ3n) is 4.24. The van der Waals surface area contributed by atoms with Crippen LogP contribution in [0, 0.1) is 10.1 Å². The molecule has 3 aromatic rings. The molecule has 1 aliphatic rings. The van der Waals surface area contributed by atoms with E-state index in [4.69, 9.17) is 0 Å². The lowest BCUT2D eigenvalue weighted by atomic mass is 10.3. The Labute approximate surface area is 152 Å². The van der Waals surface area contributed by atoms with Crippen LogP contribution in [-0.2, 0) is 13.1 Å². The number of rotatable bonds is 3. The third kappa shape index (κ3) is 3.16. The van der Waals surface area contributed by atoms with Gasteiger partial charge in [-0.1, -0.05) is 11.3 Å². The summed E-state index contributed by atoms with van der Waals surface area (Å²) in [4.78, 5) is 29.4. The molecule has 134 valence electrons. The van der Waals surface area contributed by atoms with Crippen LogP contribution in [0.1, 0.15) is 22.6 Å². The monoisotopic (exact) mass is 372 g/mol. The largest absolute Gasteiger partial charge is 0.300 e. The van der Waals surface area contributed by atoms with E-state index in [1.807, 2.05) is 11.7 Å². The number of carbonyl (C=O) groups is 1. The minimum Gasteiger partial charge on any atom is -0.300 e. The number of carbonyl (C=O) groups excluding carboxylic acids is 1. The van der Waals surface area contributed by atoms with E-state index in [0.29, 0.717) is 21.0 Å². The lowest BCUT2D eigenvalue weighted by Gasteiger charge is -2.10. The highest BCUT2D eigenvalue weighted by molar-refractivity contribution is 7.22. The molecule has 1 aliphatic heterocycles. The summed E-state index contributed by atoms with van der Waals surface area (Å²) in [5, 5.41) is 18.4. The molecule has 10 heteroatoms. The van der Waals surface area contributed by atoms with E-state index in [1.54, 1.807) is 12.1 Å². The van der Waals surface area contributed by atoms with Crippen LogP contribution in [0.2, 0.25) is 0 Å². The highest BCUT2D eigenvalue weighted by Crippen LogP contribution is 2.29. The van der Waals surface area contributed by atoms with Crippen molar-refractivity contribution in [3.05, 3.63) is 45.8 Å². The number of aromatic nitrogens is 3. The second-order valence-corrected chi connectivity index (χ2v) is 7.25. The molecule has 0 spiro atoms. The standard InChI is InChI=1S/C16H16N6O3S/c1-20-5-2-6-21-11(9-20)7-13(19-21)15(23)18-16-17-12-4-3-10(22(24)25)8-14(12)26-16/h3-4,7-8H,2,5-6,9H2,1H3,(H,17,18,23). The van der Waals surface area contributed by atoms with Gasteiger partial charge in [-0.3, -0.25) is 24.9 Å². The number of fused-ring (bicyclic) bond motifs is 2. The van der Waals surface area contributed by atoms with Crippen molar-refractivity contribution in [3.63, 3.8) is 0 Å². The summed E-state index contributed by atoms with van der Waals surface area (Å²) in [6, 6.07) is 6.23. The van der Waals surface area contributed by atoms with E-state index in [-0.39, 0.29) is 11.6 Å². The molecule has 2 aromatic heterocycles. The molecular weight excluding hydrogens is 356 g/mol. The summed E-state index contributed by atoms with van der Waals surface area (Å²) in [5.41, 5.74) is 1.97. The normalized spacial score (nSPS) is 14.8. The van der Waals surface area contributed by atoms with Crippen molar-refractivity contribution in [2.45, 2.75) is 19.5 Å². The van der Waals surface area contributed by atoms with Gasteiger partial charge in [0.15, 0.2) is 10.8 Å². The van der Waals surface area contributed by atoms with E-state index in [9.17, 15) is 14.9 Å². The Balaban J connectivity index is 1.56. The maximum Gasteiger partial charge on any atom is 0.277 e. The number of benzene rings is 1. The molecular formula is C16H16N6O3S. The Morgan fingerprint density at radius 2 is 2.19 bits per heavy atom. The minimum absolute atomic E-state index is 0.000915. The van der Waals surface area contributed by atoms with E-state index in [1.165, 1.54) is 23.5 Å². The van der Waals surface area contributed by atoms with E-state index in [2.05, 4.69) is 20.3 Å². The molecule has 0 fully saturated rings. The first-order valence-corrected chi connectivity index (χ1v) is 8.93. The number of nitro benzene ring substituents is 1. The fourth-order valence-electron chi connectivity index (χ4n) is 2.97. The highest BCUT2D eigenvalue weighted by Gasteiger charge is 2.19. The van der Waals surface area contributed by atoms with Crippen LogP contribution in [0.15, 0.2) is 24.3 Å². The van der Waals surface area contributed by atoms with Crippen LogP contribution in [0.25, 0.3) is 10.2 Å². The van der Waals surface area contributed by atoms with Gasteiger partial charge in [-0.2, -0.15) is 5.10 Å². The van der Waals surface area contributed by atoms with Crippen LogP contribution >= 0.6 is 11.3 Å². The number of non-ortho nitro benzene ring substituents is 1. The van der Waals surface area contributed by atoms with Gasteiger partial charge < -0.3 is 4.90 Å². The number of hydrogen-bond acceptors (Lipinski definition) is 7. The fourth-order valence-corrected chi connectivity index (χ4v) is 3.87. The summed E-state index contributed by atoms with van der Waals surface area (Å²) in [6.07, 6.45) is 0.989. The van der Waals surface area contributed by atoms with Crippen molar-refractivity contribution in [2.24, 2.45) is 0 Å². The van der Waals surface area contributed by atoms with Crippen LogP contribution in [0.4, 0.5) is 10.8 Å². The molecule has 26 heavy (non-hydrogen) atoms. The van der Waals surface area contributed by atoms with Gasteiger partial charge in [0, 0.05) is 31.8 Å². The first-order chi connectivity index (χ1) is 12.5. The van der Waals surface area contributed by atoms with Crippen molar-refractivity contribution in [3.8, 4) is 0 Å². The molecule has 4 rings (SSSR count). The van der Waals surface area contributed by atoms with Crippen molar-refractivity contribution < 1.29 is 9.72 Å². The van der Waals surface area contributed by atoms with Gasteiger partial charge in [-0.25, -0.2) is 4.98 Å². The van der Waals surface area contributed by atoms with Gasteiger partial charge >= 0.3 is 0 Å². The Hall–Kier alpha value is -2.85. The van der Waals surface area contributed by atoms with Gasteiger partial charge in [0.25, 0.3) is 11.6 Å². The van der Waals surface area contributed by atoms with Crippen molar-refractivity contribution >= 4 is 38.3 Å². The summed E-state index contributed by atoms with van der Waals surface area (Å²) in [5.74, 6) is -0.332. The Bertz CT molecular complexity index is 1010. The lowest BCUT2D eigenvalue weighted by Crippen LogP contribution is -2.17. The zero-order valence-electron chi connectivity index (χ0n) is 14.0. The van der Waals surface area contributed by atoms with Gasteiger partial charge in [-0.05, 0) is 25.6 Å². The SMILES string of the molecule is CN1CCCn2nc(C(=O)Nc3nc4ccc([N+](=O)[O-])cc4s3)cc2C1. The first-order valence-electron chi connectivity index (χ1n) is 8.11. The van der Waals surface area contributed by atoms with Gasteiger partial charge in [0.2, 0.25) is 0 Å². The second-order valence-electron chi connectivity index (χ2n) is 6.22. The summed E-state index contributed by atoms with van der Waals surface area (Å²) in [6.45, 7) is 2.55. The number of thiazole rings is 1. The average Bonchev–Trinajstić information content (AvgIpc) is 3.13. The van der Waals surface area contributed by atoms with Crippen molar-refractivity contribution in [1.82, 2.24) is 19.7 Å². The molecule has 0 bridgehead atoms. The molecule has 9 nitrogen and oxygen atoms in total. The van der Waals surface area contributed by atoms with Crippen LogP contribution < -0.4 is 5.32 Å².